The topological polar surface area (TPSA) is 102 Å². The van der Waals surface area contributed by atoms with Crippen LogP contribution in [0.15, 0.2) is 84.1 Å². The normalized spacial score (nSPS) is 14.3. The quantitative estimate of drug-likeness (QED) is 0.201. The molecule has 3 amide bonds. The number of aromatic nitrogens is 3. The summed E-state index contributed by atoms with van der Waals surface area (Å²) in [6.45, 7) is 2.48. The molecule has 228 valence electrons. The van der Waals surface area contributed by atoms with Crippen molar-refractivity contribution in [3.05, 3.63) is 90.3 Å². The largest absolute Gasteiger partial charge is 0.573 e. The van der Waals surface area contributed by atoms with Crippen molar-refractivity contribution in [1.29, 1.82) is 0 Å². The molecule has 1 N–H and O–H groups in total. The number of hydrogen-bond acceptors (Lipinski definition) is 6. The Hall–Kier alpha value is -4.65. The first kappa shape index (κ1) is 30.8. The SMILES string of the molecule is CCc1ccccc1N1C(=O)CS/C1=N\C(=O)NCCCCc1ccc(-c2ncn(-c3ccc(OC(F)(F)F)cc3)n2)cc1. The third kappa shape index (κ3) is 7.84. The number of aliphatic imine (C=N–C) groups is 1. The summed E-state index contributed by atoms with van der Waals surface area (Å²) in [6, 6.07) is 20.3. The number of ether oxygens (including phenoxy) is 1. The van der Waals surface area contributed by atoms with E-state index in [-0.39, 0.29) is 17.4 Å². The highest BCUT2D eigenvalue weighted by molar-refractivity contribution is 8.15. The monoisotopic (exact) mass is 622 g/mol. The highest BCUT2D eigenvalue weighted by Crippen LogP contribution is 2.30. The van der Waals surface area contributed by atoms with Gasteiger partial charge in [-0.25, -0.2) is 14.5 Å². The molecule has 1 aliphatic rings. The molecule has 1 saturated heterocycles. The second kappa shape index (κ2) is 13.8. The molecular weight excluding hydrogens is 593 g/mol. The second-order valence-corrected chi connectivity index (χ2v) is 10.8. The van der Waals surface area contributed by atoms with Gasteiger partial charge in [0.1, 0.15) is 12.1 Å². The molecule has 4 aromatic rings. The number of carbonyl (C=O) groups excluding carboxylic acids is 2. The van der Waals surface area contributed by atoms with Gasteiger partial charge in [-0.15, -0.1) is 18.3 Å². The first-order chi connectivity index (χ1) is 21.2. The Morgan fingerprint density at radius 2 is 1.80 bits per heavy atom. The number of alkyl halides is 3. The van der Waals surface area contributed by atoms with E-state index in [1.807, 2.05) is 55.5 Å². The fourth-order valence-electron chi connectivity index (χ4n) is 4.63. The maximum atomic E-state index is 12.5. The maximum Gasteiger partial charge on any atom is 0.573 e. The zero-order chi connectivity index (χ0) is 31.1. The summed E-state index contributed by atoms with van der Waals surface area (Å²) >= 11 is 1.26. The van der Waals surface area contributed by atoms with Crippen molar-refractivity contribution in [3.8, 4) is 22.8 Å². The molecule has 0 unspecified atom stereocenters. The van der Waals surface area contributed by atoms with Gasteiger partial charge in [0.05, 0.1) is 17.1 Å². The number of anilines is 1. The Morgan fingerprint density at radius 3 is 2.52 bits per heavy atom. The number of thioether (sulfide) groups is 1. The molecule has 0 bridgehead atoms. The van der Waals surface area contributed by atoms with Crippen molar-refractivity contribution in [1.82, 2.24) is 20.1 Å². The summed E-state index contributed by atoms with van der Waals surface area (Å²) in [5, 5.41) is 7.63. The van der Waals surface area contributed by atoms with Crippen molar-refractivity contribution >= 4 is 34.6 Å². The smallest absolute Gasteiger partial charge is 0.406 e. The fourth-order valence-corrected chi connectivity index (χ4v) is 5.48. The second-order valence-electron chi connectivity index (χ2n) is 9.83. The van der Waals surface area contributed by atoms with Gasteiger partial charge in [0.15, 0.2) is 11.0 Å². The van der Waals surface area contributed by atoms with E-state index in [0.717, 1.165) is 48.1 Å². The number of urea groups is 1. The Balaban J connectivity index is 1.08. The number of rotatable bonds is 10. The minimum atomic E-state index is -4.75. The van der Waals surface area contributed by atoms with Crippen LogP contribution in [0.2, 0.25) is 0 Å². The molecule has 1 fully saturated rings. The molecule has 0 atom stereocenters. The number of nitrogens with zero attached hydrogens (tertiary/aromatic N) is 5. The lowest BCUT2D eigenvalue weighted by Crippen LogP contribution is -2.32. The molecule has 9 nitrogen and oxygen atoms in total. The molecular formula is C31H29F3N6O3S. The van der Waals surface area contributed by atoms with E-state index in [1.165, 1.54) is 51.9 Å². The zero-order valence-electron chi connectivity index (χ0n) is 23.8. The van der Waals surface area contributed by atoms with Crippen molar-refractivity contribution < 1.29 is 27.5 Å². The minimum Gasteiger partial charge on any atom is -0.406 e. The van der Waals surface area contributed by atoms with Crippen LogP contribution in [0.3, 0.4) is 0 Å². The molecule has 0 aliphatic carbocycles. The first-order valence-corrected chi connectivity index (χ1v) is 15.0. The number of hydrogen-bond donors (Lipinski definition) is 1. The summed E-state index contributed by atoms with van der Waals surface area (Å²) in [5.41, 5.74) is 4.24. The maximum absolute atomic E-state index is 12.5. The Labute approximate surface area is 256 Å². The lowest BCUT2D eigenvalue weighted by atomic mass is 10.1. The van der Waals surface area contributed by atoms with E-state index in [9.17, 15) is 22.8 Å². The molecule has 0 spiro atoms. The van der Waals surface area contributed by atoms with Crippen LogP contribution in [0.5, 0.6) is 5.75 Å². The molecule has 2 heterocycles. The lowest BCUT2D eigenvalue weighted by Gasteiger charge is -2.19. The average molecular weight is 623 g/mol. The Morgan fingerprint density at radius 1 is 1.05 bits per heavy atom. The third-order valence-corrected chi connectivity index (χ3v) is 7.71. The standard InChI is InChI=1S/C31H29F3N6O3S/c1-2-22-8-3-4-9-26(22)40-27(41)19-44-30(40)37-29(42)35-18-6-5-7-21-10-12-23(13-11-21)28-36-20-39(38-28)24-14-16-25(17-15-24)43-31(32,33)34/h3-4,8-17,20H,2,5-7,18-19H2,1H3,(H,35,42)/b37-30-. The van der Waals surface area contributed by atoms with Crippen LogP contribution >= 0.6 is 11.8 Å². The van der Waals surface area contributed by atoms with Gasteiger partial charge in [0.2, 0.25) is 5.91 Å². The highest BCUT2D eigenvalue weighted by atomic mass is 32.2. The van der Waals surface area contributed by atoms with Crippen molar-refractivity contribution in [2.75, 3.05) is 17.2 Å². The summed E-state index contributed by atoms with van der Waals surface area (Å²) < 4.78 is 42.5. The summed E-state index contributed by atoms with van der Waals surface area (Å²) in [4.78, 5) is 35.0. The number of halogens is 3. The van der Waals surface area contributed by atoms with Crippen LogP contribution in [-0.4, -0.2) is 50.5 Å². The van der Waals surface area contributed by atoms with Gasteiger partial charge in [-0.2, -0.15) is 4.99 Å². The number of benzene rings is 3. The van der Waals surface area contributed by atoms with Crippen LogP contribution in [0.4, 0.5) is 23.7 Å². The van der Waals surface area contributed by atoms with E-state index < -0.39 is 12.4 Å². The number of amides is 3. The Kier molecular flexibility index (Phi) is 9.63. The number of amidine groups is 1. The third-order valence-electron chi connectivity index (χ3n) is 6.78. The average Bonchev–Trinajstić information content (AvgIpc) is 3.64. The van der Waals surface area contributed by atoms with Gasteiger partial charge < -0.3 is 10.1 Å². The van der Waals surface area contributed by atoms with Crippen LogP contribution in [0, 0.1) is 0 Å². The minimum absolute atomic E-state index is 0.0919. The van der Waals surface area contributed by atoms with Crippen LogP contribution in [0.1, 0.15) is 30.9 Å². The molecule has 1 aliphatic heterocycles. The number of carbonyl (C=O) groups is 2. The highest BCUT2D eigenvalue weighted by Gasteiger charge is 2.32. The van der Waals surface area contributed by atoms with E-state index in [2.05, 4.69) is 25.1 Å². The van der Waals surface area contributed by atoms with Crippen molar-refractivity contribution in [2.45, 2.75) is 39.0 Å². The molecule has 0 saturated carbocycles. The molecule has 44 heavy (non-hydrogen) atoms. The number of nitrogens with one attached hydrogen (secondary N) is 1. The fraction of sp³-hybridized carbons (Fsp3) is 0.258. The lowest BCUT2D eigenvalue weighted by molar-refractivity contribution is -0.274. The first-order valence-electron chi connectivity index (χ1n) is 14.0. The predicted octanol–water partition coefficient (Wildman–Crippen LogP) is 6.56. The van der Waals surface area contributed by atoms with Gasteiger partial charge in [-0.3, -0.25) is 9.69 Å². The molecule has 13 heteroatoms. The van der Waals surface area contributed by atoms with E-state index in [1.54, 1.807) is 0 Å². The number of unbranched alkanes of at least 4 members (excludes halogenated alkanes) is 1. The number of para-hydroxylation sites is 1. The van der Waals surface area contributed by atoms with E-state index in [0.29, 0.717) is 23.2 Å². The summed E-state index contributed by atoms with van der Waals surface area (Å²) in [7, 11) is 0. The van der Waals surface area contributed by atoms with Gasteiger partial charge >= 0.3 is 12.4 Å². The van der Waals surface area contributed by atoms with E-state index in [4.69, 9.17) is 0 Å². The van der Waals surface area contributed by atoms with Gasteiger partial charge in [-0.05, 0) is 67.1 Å². The van der Waals surface area contributed by atoms with Gasteiger partial charge in [-0.1, -0.05) is 61.2 Å². The van der Waals surface area contributed by atoms with Crippen molar-refractivity contribution in [3.63, 3.8) is 0 Å². The molecule has 3 aromatic carbocycles. The van der Waals surface area contributed by atoms with Gasteiger partial charge in [0.25, 0.3) is 0 Å². The summed E-state index contributed by atoms with van der Waals surface area (Å²) in [6.07, 6.45) is -0.0789. The van der Waals surface area contributed by atoms with Crippen LogP contribution in [-0.2, 0) is 17.6 Å². The van der Waals surface area contributed by atoms with Crippen LogP contribution in [0.25, 0.3) is 17.1 Å². The molecule has 5 rings (SSSR count). The van der Waals surface area contributed by atoms with Crippen LogP contribution < -0.4 is 15.0 Å². The molecule has 0 radical (unpaired) electrons. The molecule has 1 aromatic heterocycles. The van der Waals surface area contributed by atoms with E-state index >= 15 is 0 Å². The predicted molar refractivity (Wildman–Crippen MR) is 163 cm³/mol. The van der Waals surface area contributed by atoms with Gasteiger partial charge in [0, 0.05) is 12.1 Å². The summed E-state index contributed by atoms with van der Waals surface area (Å²) in [5.74, 6) is 0.329. The Bertz CT molecular complexity index is 1640. The zero-order valence-corrected chi connectivity index (χ0v) is 24.6. The van der Waals surface area contributed by atoms with Crippen molar-refractivity contribution in [2.24, 2.45) is 4.99 Å². The number of aryl methyl sites for hydroxylation is 2.